The van der Waals surface area contributed by atoms with E-state index in [2.05, 4.69) is 18.0 Å². The van der Waals surface area contributed by atoms with Crippen LogP contribution in [0, 0.1) is 11.3 Å². The molecule has 1 fully saturated rings. The molecule has 4 rings (SSSR count). The minimum absolute atomic E-state index is 0.105. The maximum Gasteiger partial charge on any atom is 0.409 e. The highest BCUT2D eigenvalue weighted by Gasteiger charge is 2.30. The molecule has 0 saturated carbocycles. The largest absolute Gasteiger partial charge is 0.450 e. The SMILES string of the molecule is CCOC(=O)N1CCN(C(=O)c2sc3nc(N)c(C#N)c(-c4ccc(CC)cc4)c3c2N)CC1. The zero-order valence-electron chi connectivity index (χ0n) is 19.1. The first-order valence-corrected chi connectivity index (χ1v) is 11.9. The third kappa shape index (κ3) is 4.10. The highest BCUT2D eigenvalue weighted by Crippen LogP contribution is 2.43. The standard InChI is InChI=1S/C24H26N6O3S/c1-3-14-5-7-15(8-6-14)17-16(13-25)21(27)28-22-18(17)19(26)20(34-22)23(31)29-9-11-30(12-10-29)24(32)33-4-2/h5-8H,3-4,9-12,26H2,1-2H3,(H2,27,28). The average molecular weight is 479 g/mol. The van der Waals surface area contributed by atoms with Gasteiger partial charge in [0.15, 0.2) is 0 Å². The van der Waals surface area contributed by atoms with Crippen molar-refractivity contribution in [3.05, 3.63) is 40.3 Å². The van der Waals surface area contributed by atoms with E-state index in [4.69, 9.17) is 16.2 Å². The lowest BCUT2D eigenvalue weighted by Gasteiger charge is -2.33. The monoisotopic (exact) mass is 478 g/mol. The zero-order valence-corrected chi connectivity index (χ0v) is 19.9. The minimum Gasteiger partial charge on any atom is -0.450 e. The molecule has 176 valence electrons. The Balaban J connectivity index is 1.72. The van der Waals surface area contributed by atoms with Crippen molar-refractivity contribution >= 4 is 45.1 Å². The Kier molecular flexibility index (Phi) is 6.56. The Morgan fingerprint density at radius 2 is 1.76 bits per heavy atom. The molecule has 1 aromatic carbocycles. The number of nitrogens with two attached hydrogens (primary N) is 2. The lowest BCUT2D eigenvalue weighted by atomic mass is 9.96. The van der Waals surface area contributed by atoms with Crippen LogP contribution in [0.1, 0.15) is 34.6 Å². The van der Waals surface area contributed by atoms with Crippen LogP contribution in [0.3, 0.4) is 0 Å². The second-order valence-corrected chi connectivity index (χ2v) is 8.91. The maximum atomic E-state index is 13.4. The Labute approximate surface area is 201 Å². The zero-order chi connectivity index (χ0) is 24.4. The van der Waals surface area contributed by atoms with Gasteiger partial charge in [0.25, 0.3) is 5.91 Å². The molecule has 3 heterocycles. The molecule has 2 amide bonds. The number of nitrogens with zero attached hydrogens (tertiary/aromatic N) is 4. The number of carbonyl (C=O) groups is 2. The number of rotatable bonds is 4. The van der Waals surface area contributed by atoms with E-state index in [1.807, 2.05) is 24.3 Å². The predicted octanol–water partition coefficient (Wildman–Crippen LogP) is 3.48. The van der Waals surface area contributed by atoms with Crippen LogP contribution in [0.15, 0.2) is 24.3 Å². The molecule has 34 heavy (non-hydrogen) atoms. The summed E-state index contributed by atoms with van der Waals surface area (Å²) in [5.74, 6) is -0.124. The second kappa shape index (κ2) is 9.57. The molecule has 0 unspecified atom stereocenters. The van der Waals surface area contributed by atoms with E-state index in [1.165, 1.54) is 11.3 Å². The third-order valence-corrected chi connectivity index (χ3v) is 7.04. The highest BCUT2D eigenvalue weighted by molar-refractivity contribution is 7.21. The number of hydrogen-bond donors (Lipinski definition) is 2. The van der Waals surface area contributed by atoms with Crippen LogP contribution in [0.25, 0.3) is 21.3 Å². The number of piperazine rings is 1. The van der Waals surface area contributed by atoms with E-state index in [9.17, 15) is 14.9 Å². The van der Waals surface area contributed by atoms with E-state index in [0.717, 1.165) is 17.5 Å². The number of amides is 2. The van der Waals surface area contributed by atoms with Crippen LogP contribution in [-0.2, 0) is 11.2 Å². The fourth-order valence-electron chi connectivity index (χ4n) is 4.09. The molecule has 1 saturated heterocycles. The summed E-state index contributed by atoms with van der Waals surface area (Å²) in [6.45, 7) is 5.64. The Bertz CT molecular complexity index is 1290. The summed E-state index contributed by atoms with van der Waals surface area (Å²) in [6, 6.07) is 10.0. The Morgan fingerprint density at radius 1 is 1.12 bits per heavy atom. The van der Waals surface area contributed by atoms with E-state index in [-0.39, 0.29) is 29.1 Å². The first-order valence-electron chi connectivity index (χ1n) is 11.1. The topological polar surface area (TPSA) is 139 Å². The molecule has 1 aliphatic heterocycles. The van der Waals surface area contributed by atoms with E-state index < -0.39 is 0 Å². The molecule has 9 nitrogen and oxygen atoms in total. The average Bonchev–Trinajstić information content (AvgIpc) is 3.18. The molecule has 10 heteroatoms. The quantitative estimate of drug-likeness (QED) is 0.585. The lowest BCUT2D eigenvalue weighted by molar-refractivity contribution is 0.0575. The molecule has 1 aliphatic rings. The number of fused-ring (bicyclic) bond motifs is 1. The predicted molar refractivity (Wildman–Crippen MR) is 132 cm³/mol. The van der Waals surface area contributed by atoms with Gasteiger partial charge in [-0.15, -0.1) is 11.3 Å². The van der Waals surface area contributed by atoms with Crippen LogP contribution >= 0.6 is 11.3 Å². The fourth-order valence-corrected chi connectivity index (χ4v) is 5.17. The van der Waals surface area contributed by atoms with Crippen molar-refractivity contribution in [3.8, 4) is 17.2 Å². The molecule has 4 N–H and O–H groups in total. The fraction of sp³-hybridized carbons (Fsp3) is 0.333. The summed E-state index contributed by atoms with van der Waals surface area (Å²) in [5, 5.41) is 10.4. The Morgan fingerprint density at radius 3 is 2.35 bits per heavy atom. The minimum atomic E-state index is -0.376. The summed E-state index contributed by atoms with van der Waals surface area (Å²) < 4.78 is 5.04. The molecule has 2 aromatic heterocycles. The summed E-state index contributed by atoms with van der Waals surface area (Å²) in [4.78, 5) is 33.8. The van der Waals surface area contributed by atoms with Crippen LogP contribution in [0.5, 0.6) is 0 Å². The maximum absolute atomic E-state index is 13.4. The number of ether oxygens (including phenoxy) is 1. The first-order chi connectivity index (χ1) is 16.4. The lowest BCUT2D eigenvalue weighted by Crippen LogP contribution is -2.50. The summed E-state index contributed by atoms with van der Waals surface area (Å²) >= 11 is 1.17. The van der Waals surface area contributed by atoms with Crippen LogP contribution in [-0.4, -0.2) is 59.6 Å². The number of nitriles is 1. The molecule has 0 bridgehead atoms. The van der Waals surface area contributed by atoms with Gasteiger partial charge >= 0.3 is 6.09 Å². The molecule has 0 radical (unpaired) electrons. The molecular weight excluding hydrogens is 452 g/mol. The number of pyridine rings is 1. The number of carbonyl (C=O) groups excluding carboxylic acids is 2. The van der Waals surface area contributed by atoms with Gasteiger partial charge in [-0.1, -0.05) is 31.2 Å². The normalized spacial score (nSPS) is 13.7. The number of aryl methyl sites for hydroxylation is 1. The van der Waals surface area contributed by atoms with Crippen LogP contribution < -0.4 is 11.5 Å². The number of hydrogen-bond acceptors (Lipinski definition) is 8. The van der Waals surface area contributed by atoms with Gasteiger partial charge in [0, 0.05) is 37.1 Å². The number of thiophene rings is 1. The van der Waals surface area contributed by atoms with Crippen LogP contribution in [0.4, 0.5) is 16.3 Å². The molecule has 0 spiro atoms. The summed E-state index contributed by atoms with van der Waals surface area (Å²) in [6.07, 6.45) is 0.514. The smallest absolute Gasteiger partial charge is 0.409 e. The molecule has 0 atom stereocenters. The summed E-state index contributed by atoms with van der Waals surface area (Å²) in [5.41, 5.74) is 15.7. The van der Waals surface area contributed by atoms with Crippen molar-refractivity contribution in [2.45, 2.75) is 20.3 Å². The highest BCUT2D eigenvalue weighted by atomic mass is 32.1. The van der Waals surface area contributed by atoms with Crippen molar-refractivity contribution in [1.29, 1.82) is 5.26 Å². The van der Waals surface area contributed by atoms with E-state index in [0.29, 0.717) is 53.4 Å². The van der Waals surface area contributed by atoms with Gasteiger partial charge in [-0.3, -0.25) is 4.79 Å². The van der Waals surface area contributed by atoms with Gasteiger partial charge in [0.1, 0.15) is 27.2 Å². The third-order valence-electron chi connectivity index (χ3n) is 5.95. The number of benzene rings is 1. The first kappa shape index (κ1) is 23.3. The van der Waals surface area contributed by atoms with Gasteiger partial charge in [-0.2, -0.15) is 5.26 Å². The molecular formula is C24H26N6O3S. The summed E-state index contributed by atoms with van der Waals surface area (Å²) in [7, 11) is 0. The molecule has 3 aromatic rings. The Hall–Kier alpha value is -3.84. The van der Waals surface area contributed by atoms with E-state index in [1.54, 1.807) is 16.7 Å². The van der Waals surface area contributed by atoms with Crippen molar-refractivity contribution in [2.75, 3.05) is 44.3 Å². The molecule has 0 aliphatic carbocycles. The van der Waals surface area contributed by atoms with Crippen molar-refractivity contribution in [3.63, 3.8) is 0 Å². The number of nitrogen functional groups attached to an aromatic ring is 2. The van der Waals surface area contributed by atoms with Crippen molar-refractivity contribution < 1.29 is 14.3 Å². The van der Waals surface area contributed by atoms with Crippen LogP contribution in [0.2, 0.25) is 0 Å². The van der Waals surface area contributed by atoms with Gasteiger partial charge in [0.2, 0.25) is 0 Å². The van der Waals surface area contributed by atoms with Crippen molar-refractivity contribution in [1.82, 2.24) is 14.8 Å². The number of anilines is 2. The van der Waals surface area contributed by atoms with Gasteiger partial charge < -0.3 is 26.0 Å². The van der Waals surface area contributed by atoms with E-state index >= 15 is 0 Å². The van der Waals surface area contributed by atoms with Gasteiger partial charge in [-0.25, -0.2) is 9.78 Å². The second-order valence-electron chi connectivity index (χ2n) is 7.91. The van der Waals surface area contributed by atoms with Gasteiger partial charge in [-0.05, 0) is 24.5 Å². The van der Waals surface area contributed by atoms with Gasteiger partial charge in [0.05, 0.1) is 12.3 Å². The number of aromatic nitrogens is 1. The van der Waals surface area contributed by atoms with Crippen molar-refractivity contribution in [2.24, 2.45) is 0 Å².